The van der Waals surface area contributed by atoms with Gasteiger partial charge in [0.15, 0.2) is 0 Å². The number of likely N-dealkylation sites (tertiary alicyclic amines) is 1. The topological polar surface area (TPSA) is 41.6 Å². The number of nitrogens with one attached hydrogen (secondary N) is 1. The van der Waals surface area contributed by atoms with Crippen molar-refractivity contribution in [2.45, 2.75) is 25.3 Å². The van der Waals surface area contributed by atoms with Crippen molar-refractivity contribution in [3.63, 3.8) is 0 Å². The van der Waals surface area contributed by atoms with Gasteiger partial charge in [0.1, 0.15) is 5.75 Å². The average Bonchev–Trinajstić information content (AvgIpc) is 3.13. The maximum absolute atomic E-state index is 12.8. The van der Waals surface area contributed by atoms with Crippen LogP contribution in [0.25, 0.3) is 0 Å². The molecule has 1 aromatic rings. The number of carbonyl (C=O) groups is 1. The number of benzene rings is 1. The van der Waals surface area contributed by atoms with Crippen LogP contribution < -0.4 is 10.1 Å². The van der Waals surface area contributed by atoms with Crippen LogP contribution in [0.15, 0.2) is 18.2 Å². The van der Waals surface area contributed by atoms with Gasteiger partial charge < -0.3 is 15.0 Å². The van der Waals surface area contributed by atoms with Gasteiger partial charge in [-0.1, -0.05) is 0 Å². The molecule has 0 aromatic heterocycles. The maximum Gasteiger partial charge on any atom is 0.254 e. The van der Waals surface area contributed by atoms with Crippen LogP contribution in [0, 0.1) is 5.92 Å². The van der Waals surface area contributed by atoms with Gasteiger partial charge in [-0.25, -0.2) is 0 Å². The Bertz CT molecular complexity index is 543. The molecule has 4 heteroatoms. The van der Waals surface area contributed by atoms with Crippen LogP contribution in [0.1, 0.15) is 28.8 Å². The lowest BCUT2D eigenvalue weighted by molar-refractivity contribution is 0.0574. The predicted octanol–water partition coefficient (Wildman–Crippen LogP) is 1.45. The van der Waals surface area contributed by atoms with Gasteiger partial charge in [-0.2, -0.15) is 0 Å². The van der Waals surface area contributed by atoms with Crippen molar-refractivity contribution in [1.29, 1.82) is 0 Å². The molecular formula is C16H20N2O2. The number of nitrogens with zero attached hydrogens (tertiary/aromatic N) is 1. The predicted molar refractivity (Wildman–Crippen MR) is 76.1 cm³/mol. The number of hydrogen-bond donors (Lipinski definition) is 1. The largest absolute Gasteiger partial charge is 0.493 e. The van der Waals surface area contributed by atoms with E-state index in [1.807, 2.05) is 18.2 Å². The fourth-order valence-corrected chi connectivity index (χ4v) is 3.81. The second-order valence-corrected chi connectivity index (χ2v) is 6.05. The third-order valence-corrected chi connectivity index (χ3v) is 4.88. The van der Waals surface area contributed by atoms with Crippen molar-refractivity contribution in [2.75, 3.05) is 26.2 Å². The summed E-state index contributed by atoms with van der Waals surface area (Å²) in [5.41, 5.74) is 2.00. The van der Waals surface area contributed by atoms with E-state index in [1.54, 1.807) is 0 Å². The summed E-state index contributed by atoms with van der Waals surface area (Å²) in [7, 11) is 0. The summed E-state index contributed by atoms with van der Waals surface area (Å²) in [5, 5.41) is 3.43. The van der Waals surface area contributed by atoms with Crippen molar-refractivity contribution >= 4 is 5.91 Å². The fourth-order valence-electron chi connectivity index (χ4n) is 3.81. The summed E-state index contributed by atoms with van der Waals surface area (Å²) in [6, 6.07) is 6.28. The van der Waals surface area contributed by atoms with E-state index < -0.39 is 0 Å². The van der Waals surface area contributed by atoms with Gasteiger partial charge in [-0.3, -0.25) is 4.79 Å². The summed E-state index contributed by atoms with van der Waals surface area (Å²) < 4.78 is 5.51. The minimum absolute atomic E-state index is 0.193. The molecule has 3 aliphatic heterocycles. The van der Waals surface area contributed by atoms with Crippen molar-refractivity contribution in [2.24, 2.45) is 5.92 Å². The van der Waals surface area contributed by atoms with E-state index >= 15 is 0 Å². The molecule has 0 radical (unpaired) electrons. The zero-order valence-corrected chi connectivity index (χ0v) is 11.6. The van der Waals surface area contributed by atoms with E-state index in [-0.39, 0.29) is 5.91 Å². The summed E-state index contributed by atoms with van der Waals surface area (Å²) in [6.45, 7) is 3.65. The Labute approximate surface area is 119 Å². The Hall–Kier alpha value is -1.55. The van der Waals surface area contributed by atoms with Gasteiger partial charge in [0.2, 0.25) is 0 Å². The number of carbonyl (C=O) groups excluding carboxylic acids is 1. The van der Waals surface area contributed by atoms with Crippen LogP contribution >= 0.6 is 0 Å². The van der Waals surface area contributed by atoms with Gasteiger partial charge in [0.05, 0.1) is 6.61 Å². The lowest BCUT2D eigenvalue weighted by atomic mass is 9.91. The summed E-state index contributed by atoms with van der Waals surface area (Å²) in [5.74, 6) is 1.78. The molecule has 4 rings (SSSR count). The van der Waals surface area contributed by atoms with E-state index in [0.29, 0.717) is 12.0 Å². The molecular weight excluding hydrogens is 252 g/mol. The molecule has 2 fully saturated rings. The Balaban J connectivity index is 1.60. The van der Waals surface area contributed by atoms with Crippen LogP contribution in [0.5, 0.6) is 5.75 Å². The molecule has 2 saturated heterocycles. The molecule has 2 unspecified atom stereocenters. The first-order chi connectivity index (χ1) is 9.83. The molecule has 2 atom stereocenters. The van der Waals surface area contributed by atoms with E-state index in [2.05, 4.69) is 10.2 Å². The Kier molecular flexibility index (Phi) is 2.91. The molecule has 1 N–H and O–H groups in total. The van der Waals surface area contributed by atoms with Gasteiger partial charge >= 0.3 is 0 Å². The number of piperidine rings is 1. The monoisotopic (exact) mass is 272 g/mol. The molecule has 0 saturated carbocycles. The molecule has 106 valence electrons. The summed E-state index contributed by atoms with van der Waals surface area (Å²) in [6.07, 6.45) is 3.30. The molecule has 3 heterocycles. The van der Waals surface area contributed by atoms with Crippen LogP contribution in [0.4, 0.5) is 0 Å². The van der Waals surface area contributed by atoms with Gasteiger partial charge in [0.25, 0.3) is 5.91 Å². The van der Waals surface area contributed by atoms with Gasteiger partial charge in [-0.15, -0.1) is 0 Å². The first-order valence-electron chi connectivity index (χ1n) is 7.60. The van der Waals surface area contributed by atoms with E-state index in [1.165, 1.54) is 12.0 Å². The molecule has 0 bridgehead atoms. The maximum atomic E-state index is 12.8. The van der Waals surface area contributed by atoms with Crippen molar-refractivity contribution in [3.8, 4) is 5.75 Å². The van der Waals surface area contributed by atoms with Crippen LogP contribution in [0.3, 0.4) is 0 Å². The number of ether oxygens (including phenoxy) is 1. The van der Waals surface area contributed by atoms with Crippen molar-refractivity contribution in [1.82, 2.24) is 10.2 Å². The molecule has 20 heavy (non-hydrogen) atoms. The van der Waals surface area contributed by atoms with Crippen molar-refractivity contribution < 1.29 is 9.53 Å². The third-order valence-electron chi connectivity index (χ3n) is 4.88. The number of rotatable bonds is 1. The number of amides is 1. The molecule has 0 aliphatic carbocycles. The lowest BCUT2D eigenvalue weighted by Gasteiger charge is -2.37. The highest BCUT2D eigenvalue weighted by Gasteiger charge is 2.37. The number of hydrogen-bond acceptors (Lipinski definition) is 3. The highest BCUT2D eigenvalue weighted by atomic mass is 16.5. The highest BCUT2D eigenvalue weighted by molar-refractivity contribution is 5.95. The van der Waals surface area contributed by atoms with E-state index in [0.717, 1.165) is 50.4 Å². The standard InChI is InChI=1S/C16H20N2O2/c19-16(12-3-4-15-11(8-12)5-7-20-15)18-6-1-2-13-9-17-10-14(13)18/h3-4,8,13-14,17H,1-2,5-7,9-10H2. The quantitative estimate of drug-likeness (QED) is 0.841. The first-order valence-corrected chi connectivity index (χ1v) is 7.60. The molecule has 4 nitrogen and oxygen atoms in total. The normalized spacial score (nSPS) is 27.9. The Morgan fingerprint density at radius 3 is 3.25 bits per heavy atom. The van der Waals surface area contributed by atoms with E-state index in [4.69, 9.17) is 4.74 Å². The lowest BCUT2D eigenvalue weighted by Crippen LogP contribution is -2.48. The summed E-state index contributed by atoms with van der Waals surface area (Å²) in [4.78, 5) is 14.9. The molecule has 0 spiro atoms. The van der Waals surface area contributed by atoms with Gasteiger partial charge in [-0.05, 0) is 42.5 Å². The van der Waals surface area contributed by atoms with Gasteiger partial charge in [0, 0.05) is 37.7 Å². The smallest absolute Gasteiger partial charge is 0.254 e. The van der Waals surface area contributed by atoms with E-state index in [9.17, 15) is 4.79 Å². The van der Waals surface area contributed by atoms with Crippen molar-refractivity contribution in [3.05, 3.63) is 29.3 Å². The number of fused-ring (bicyclic) bond motifs is 2. The molecule has 3 aliphatic rings. The zero-order valence-electron chi connectivity index (χ0n) is 11.6. The third kappa shape index (κ3) is 1.90. The van der Waals surface area contributed by atoms with Crippen LogP contribution in [-0.2, 0) is 6.42 Å². The molecule has 1 amide bonds. The average molecular weight is 272 g/mol. The first kappa shape index (κ1) is 12.2. The SMILES string of the molecule is O=C(c1ccc2c(c1)CCO2)N1CCCC2CNCC21. The summed E-state index contributed by atoms with van der Waals surface area (Å²) >= 11 is 0. The Morgan fingerprint density at radius 2 is 2.30 bits per heavy atom. The van der Waals surface area contributed by atoms with Crippen LogP contribution in [0.2, 0.25) is 0 Å². The second-order valence-electron chi connectivity index (χ2n) is 6.05. The highest BCUT2D eigenvalue weighted by Crippen LogP contribution is 2.30. The van der Waals surface area contributed by atoms with Crippen LogP contribution in [-0.4, -0.2) is 43.1 Å². The Morgan fingerprint density at radius 1 is 1.35 bits per heavy atom. The second kappa shape index (κ2) is 4.77. The zero-order chi connectivity index (χ0) is 13.5. The molecule has 1 aromatic carbocycles. The minimum Gasteiger partial charge on any atom is -0.493 e. The minimum atomic E-state index is 0.193. The fraction of sp³-hybridized carbons (Fsp3) is 0.562.